The van der Waals surface area contributed by atoms with E-state index in [1.54, 1.807) is 11.3 Å². The normalized spacial score (nSPS) is 20.0. The van der Waals surface area contributed by atoms with E-state index in [2.05, 4.69) is 15.1 Å². The highest BCUT2D eigenvalue weighted by Gasteiger charge is 2.30. The first-order valence-electron chi connectivity index (χ1n) is 9.24. The number of aromatic nitrogens is 3. The Morgan fingerprint density at radius 3 is 3.08 bits per heavy atom. The van der Waals surface area contributed by atoms with E-state index in [0.717, 1.165) is 74.9 Å². The van der Waals surface area contributed by atoms with Gasteiger partial charge in [0, 0.05) is 50.1 Å². The maximum absolute atomic E-state index is 12.8. The van der Waals surface area contributed by atoms with Gasteiger partial charge in [-0.15, -0.1) is 11.3 Å². The van der Waals surface area contributed by atoms with E-state index in [0.29, 0.717) is 0 Å². The minimum absolute atomic E-state index is 0.0523. The van der Waals surface area contributed by atoms with Crippen molar-refractivity contribution in [3.8, 4) is 0 Å². The Bertz CT molecular complexity index is 739. The quantitative estimate of drug-likeness (QED) is 0.857. The predicted octanol–water partition coefficient (Wildman–Crippen LogP) is 1.51. The Morgan fingerprint density at radius 1 is 1.46 bits per heavy atom. The van der Waals surface area contributed by atoms with Crippen LogP contribution in [0.25, 0.3) is 0 Å². The van der Waals surface area contributed by atoms with Gasteiger partial charge in [-0.1, -0.05) is 0 Å². The maximum Gasteiger partial charge on any atom is 0.225 e. The van der Waals surface area contributed by atoms with Crippen LogP contribution in [-0.2, 0) is 28.8 Å². The van der Waals surface area contributed by atoms with Gasteiger partial charge in [0.2, 0.25) is 5.91 Å². The average Bonchev–Trinajstić information content (AvgIpc) is 3.35. The van der Waals surface area contributed by atoms with E-state index in [1.165, 1.54) is 4.88 Å². The fourth-order valence-electron chi connectivity index (χ4n) is 3.60. The number of carbonyl (C=O) groups is 1. The van der Waals surface area contributed by atoms with Crippen LogP contribution in [0.5, 0.6) is 0 Å². The van der Waals surface area contributed by atoms with Crippen LogP contribution < -0.4 is 4.90 Å². The predicted molar refractivity (Wildman–Crippen MR) is 101 cm³/mol. The Labute approximate surface area is 157 Å². The van der Waals surface area contributed by atoms with Gasteiger partial charge in [-0.3, -0.25) is 9.89 Å². The third kappa shape index (κ3) is 3.76. The molecule has 2 aliphatic rings. The number of aromatic amines is 1. The van der Waals surface area contributed by atoms with Crippen molar-refractivity contribution in [2.24, 2.45) is 5.92 Å². The molecule has 2 aromatic heterocycles. The van der Waals surface area contributed by atoms with Gasteiger partial charge in [0.05, 0.1) is 25.1 Å². The van der Waals surface area contributed by atoms with E-state index in [1.807, 2.05) is 24.3 Å². The zero-order chi connectivity index (χ0) is 17.9. The molecule has 0 radical (unpaired) electrons. The molecule has 26 heavy (non-hydrogen) atoms. The molecule has 1 atom stereocenters. The molecule has 0 saturated carbocycles. The topological polar surface area (TPSA) is 74.4 Å². The highest BCUT2D eigenvalue weighted by molar-refractivity contribution is 7.15. The van der Waals surface area contributed by atoms with Crippen molar-refractivity contribution in [1.82, 2.24) is 20.1 Å². The minimum Gasteiger partial charge on any atom is -0.378 e. The number of anilines is 1. The number of carbonyl (C=O) groups excluding carboxylic acids is 1. The van der Waals surface area contributed by atoms with Crippen molar-refractivity contribution in [2.45, 2.75) is 25.7 Å². The number of nitrogens with one attached hydrogen (secondary N) is 1. The molecule has 3 heterocycles. The zero-order valence-electron chi connectivity index (χ0n) is 15.1. The average molecular weight is 375 g/mol. The number of nitrogens with zero attached hydrogens (tertiary/aromatic N) is 4. The molecule has 1 aliphatic carbocycles. The smallest absolute Gasteiger partial charge is 0.225 e. The standard InChI is InChI=1S/C18H25N5O2S/c1-22(5-4-13-11-19-20-12-13)17(24)14-2-3-16-15(10-14)21-18(26-16)23-6-8-25-9-7-23/h11-12,14H,2-10H2,1H3,(H,19,20). The summed E-state index contributed by atoms with van der Waals surface area (Å²) in [5.41, 5.74) is 2.26. The summed E-state index contributed by atoms with van der Waals surface area (Å²) in [5.74, 6) is 0.288. The van der Waals surface area contributed by atoms with Gasteiger partial charge in [-0.2, -0.15) is 5.10 Å². The van der Waals surface area contributed by atoms with Crippen LogP contribution in [0.4, 0.5) is 5.13 Å². The molecular weight excluding hydrogens is 350 g/mol. The molecule has 0 spiro atoms. The van der Waals surface area contributed by atoms with Crippen molar-refractivity contribution in [1.29, 1.82) is 0 Å². The first-order valence-corrected chi connectivity index (χ1v) is 10.1. The van der Waals surface area contributed by atoms with Crippen molar-refractivity contribution >= 4 is 22.4 Å². The molecule has 4 rings (SSSR count). The summed E-state index contributed by atoms with van der Waals surface area (Å²) in [7, 11) is 1.90. The second-order valence-electron chi connectivity index (χ2n) is 7.02. The molecule has 1 saturated heterocycles. The number of aryl methyl sites for hydroxylation is 1. The summed E-state index contributed by atoms with van der Waals surface area (Å²) < 4.78 is 5.43. The van der Waals surface area contributed by atoms with Gasteiger partial charge >= 0.3 is 0 Å². The zero-order valence-corrected chi connectivity index (χ0v) is 15.9. The van der Waals surface area contributed by atoms with Gasteiger partial charge in [0.1, 0.15) is 0 Å². The van der Waals surface area contributed by atoms with Gasteiger partial charge in [0.25, 0.3) is 0 Å². The van der Waals surface area contributed by atoms with Crippen LogP contribution in [0.15, 0.2) is 12.4 Å². The first-order chi connectivity index (χ1) is 12.7. The summed E-state index contributed by atoms with van der Waals surface area (Å²) in [6, 6.07) is 0. The molecule has 1 aliphatic heterocycles. The lowest BCUT2D eigenvalue weighted by molar-refractivity contribution is -0.134. The molecule has 0 bridgehead atoms. The third-order valence-corrected chi connectivity index (χ3v) is 6.44. The van der Waals surface area contributed by atoms with Crippen molar-refractivity contribution in [3.63, 3.8) is 0 Å². The number of fused-ring (bicyclic) bond motifs is 1. The lowest BCUT2D eigenvalue weighted by Gasteiger charge is -2.26. The molecule has 1 unspecified atom stereocenters. The number of morpholine rings is 1. The number of hydrogen-bond donors (Lipinski definition) is 1. The highest BCUT2D eigenvalue weighted by Crippen LogP contribution is 2.34. The Hall–Kier alpha value is -1.93. The number of H-pyrrole nitrogens is 1. The number of amides is 1. The molecule has 7 nitrogen and oxygen atoms in total. The van der Waals surface area contributed by atoms with Crippen molar-refractivity contribution in [3.05, 3.63) is 28.5 Å². The summed E-state index contributed by atoms with van der Waals surface area (Å²) in [5, 5.41) is 7.86. The van der Waals surface area contributed by atoms with Gasteiger partial charge < -0.3 is 14.5 Å². The number of hydrogen-bond acceptors (Lipinski definition) is 6. The fourth-order valence-corrected chi connectivity index (χ4v) is 4.75. The number of ether oxygens (including phenoxy) is 1. The van der Waals surface area contributed by atoms with E-state index in [-0.39, 0.29) is 11.8 Å². The molecule has 1 amide bonds. The van der Waals surface area contributed by atoms with Crippen molar-refractivity contribution in [2.75, 3.05) is 44.8 Å². The second kappa shape index (κ2) is 7.75. The first kappa shape index (κ1) is 17.5. The van der Waals surface area contributed by atoms with Crippen LogP contribution >= 0.6 is 11.3 Å². The Balaban J connectivity index is 1.36. The van der Waals surface area contributed by atoms with Gasteiger partial charge in [0.15, 0.2) is 5.13 Å². The van der Waals surface area contributed by atoms with Crippen molar-refractivity contribution < 1.29 is 9.53 Å². The van der Waals surface area contributed by atoms with Crippen LogP contribution in [0.3, 0.4) is 0 Å². The van der Waals surface area contributed by atoms with Gasteiger partial charge in [-0.25, -0.2) is 4.98 Å². The third-order valence-electron chi connectivity index (χ3n) is 5.22. The SMILES string of the molecule is CN(CCc1cn[nH]c1)C(=O)C1CCc2sc(N3CCOCC3)nc2C1. The highest BCUT2D eigenvalue weighted by atomic mass is 32.1. The molecule has 1 N–H and O–H groups in total. The molecule has 140 valence electrons. The monoisotopic (exact) mass is 375 g/mol. The molecule has 8 heteroatoms. The van der Waals surface area contributed by atoms with Crippen LogP contribution in [0, 0.1) is 5.92 Å². The van der Waals surface area contributed by atoms with Crippen LogP contribution in [0.2, 0.25) is 0 Å². The largest absolute Gasteiger partial charge is 0.378 e. The van der Waals surface area contributed by atoms with Crippen LogP contribution in [-0.4, -0.2) is 65.9 Å². The van der Waals surface area contributed by atoms with Crippen LogP contribution in [0.1, 0.15) is 22.6 Å². The molecule has 0 aromatic carbocycles. The maximum atomic E-state index is 12.8. The van der Waals surface area contributed by atoms with E-state index in [9.17, 15) is 4.79 Å². The van der Waals surface area contributed by atoms with Gasteiger partial charge in [-0.05, 0) is 24.8 Å². The lowest BCUT2D eigenvalue weighted by Crippen LogP contribution is -2.37. The molecule has 2 aromatic rings. The van der Waals surface area contributed by atoms with E-state index < -0.39 is 0 Å². The minimum atomic E-state index is 0.0523. The Kier molecular flexibility index (Phi) is 5.21. The fraction of sp³-hybridized carbons (Fsp3) is 0.611. The number of likely N-dealkylation sites (N-methyl/N-ethyl adjacent to an activating group) is 1. The number of thiazole rings is 1. The molecular formula is C18H25N5O2S. The summed E-state index contributed by atoms with van der Waals surface area (Å²) in [4.78, 5) is 23.2. The summed E-state index contributed by atoms with van der Waals surface area (Å²) >= 11 is 1.80. The molecule has 1 fully saturated rings. The van der Waals surface area contributed by atoms with E-state index >= 15 is 0 Å². The van der Waals surface area contributed by atoms with E-state index in [4.69, 9.17) is 9.72 Å². The Morgan fingerprint density at radius 2 is 2.31 bits per heavy atom. The summed E-state index contributed by atoms with van der Waals surface area (Å²) in [6.45, 7) is 4.08. The lowest BCUT2D eigenvalue weighted by atomic mass is 9.90. The summed E-state index contributed by atoms with van der Waals surface area (Å²) in [6.07, 6.45) is 7.18. The number of rotatable bonds is 5. The second-order valence-corrected chi connectivity index (χ2v) is 8.08.